The summed E-state index contributed by atoms with van der Waals surface area (Å²) in [6, 6.07) is 18.8. The first-order valence-electron chi connectivity index (χ1n) is 13.1. The second-order valence-electron chi connectivity index (χ2n) is 11.1. The molecule has 6 heteroatoms. The van der Waals surface area contributed by atoms with E-state index in [2.05, 4.69) is 48.2 Å². The van der Waals surface area contributed by atoms with E-state index >= 15 is 0 Å². The van der Waals surface area contributed by atoms with Crippen molar-refractivity contribution in [3.8, 4) is 0 Å². The van der Waals surface area contributed by atoms with Crippen LogP contribution in [-0.2, 0) is 16.0 Å². The molecule has 3 aromatic rings. The van der Waals surface area contributed by atoms with Crippen LogP contribution in [0.15, 0.2) is 54.6 Å². The number of benzene rings is 2. The Morgan fingerprint density at radius 3 is 2.53 bits per heavy atom. The van der Waals surface area contributed by atoms with Crippen molar-refractivity contribution in [2.24, 2.45) is 5.41 Å². The van der Waals surface area contributed by atoms with Gasteiger partial charge in [-0.3, -0.25) is 0 Å². The number of amides is 1. The molecule has 2 aliphatic heterocycles. The third-order valence-corrected chi connectivity index (χ3v) is 9.95. The van der Waals surface area contributed by atoms with Crippen LogP contribution in [0, 0.1) is 5.41 Å². The van der Waals surface area contributed by atoms with Gasteiger partial charge in [0.05, 0.1) is 0 Å². The molecule has 0 saturated carbocycles. The van der Waals surface area contributed by atoms with E-state index < -0.39 is 5.60 Å². The van der Waals surface area contributed by atoms with Crippen LogP contribution in [-0.4, -0.2) is 48.6 Å². The van der Waals surface area contributed by atoms with E-state index in [0.29, 0.717) is 27.9 Å². The van der Waals surface area contributed by atoms with E-state index in [9.17, 15) is 9.59 Å². The fraction of sp³-hybridized carbons (Fsp3) is 0.467. The first-order chi connectivity index (χ1) is 17.2. The first kappa shape index (κ1) is 25.1. The minimum atomic E-state index is -0.605. The first-order valence-corrected chi connectivity index (χ1v) is 15.1. The second kappa shape index (κ2) is 9.72. The number of nitrogens with zero attached hydrogens (tertiary/aromatic N) is 2. The molecule has 36 heavy (non-hydrogen) atoms. The van der Waals surface area contributed by atoms with Crippen LogP contribution in [0.1, 0.15) is 70.7 Å². The molecule has 0 spiro atoms. The van der Waals surface area contributed by atoms with Crippen LogP contribution in [0.5, 0.6) is 0 Å². The summed E-state index contributed by atoms with van der Waals surface area (Å²) < 4.78 is 9.14. The molecule has 190 valence electrons. The Morgan fingerprint density at radius 2 is 1.81 bits per heavy atom. The fourth-order valence-electron chi connectivity index (χ4n) is 6.11. The van der Waals surface area contributed by atoms with E-state index in [1.54, 1.807) is 4.57 Å². The zero-order valence-corrected chi connectivity index (χ0v) is 23.5. The molecule has 1 saturated heterocycles. The molecule has 0 N–H and O–H groups in total. The Labute approximate surface area is 220 Å². The Hall–Kier alpha value is -2.56. The summed E-state index contributed by atoms with van der Waals surface area (Å²) in [5, 5.41) is 2.22. The molecule has 0 radical (unpaired) electrons. The summed E-state index contributed by atoms with van der Waals surface area (Å²) in [7, 11) is 0. The van der Waals surface area contributed by atoms with Gasteiger partial charge in [-0.25, -0.2) is 0 Å². The third-order valence-electron chi connectivity index (χ3n) is 7.82. The molecular formula is C30H36N2O3Se. The summed E-state index contributed by atoms with van der Waals surface area (Å²) in [6.07, 6.45) is 3.89. The number of carbonyl (C=O) groups is 2. The van der Waals surface area contributed by atoms with Gasteiger partial charge in [0, 0.05) is 0 Å². The molecule has 0 unspecified atom stereocenters. The molecule has 0 bridgehead atoms. The third kappa shape index (κ3) is 4.50. The Balaban J connectivity index is 1.61. The molecule has 2 aliphatic rings. The van der Waals surface area contributed by atoms with Gasteiger partial charge >= 0.3 is 221 Å². The Kier molecular flexibility index (Phi) is 6.78. The summed E-state index contributed by atoms with van der Waals surface area (Å²) >= 11 is 0.380. The van der Waals surface area contributed by atoms with Gasteiger partial charge in [-0.2, -0.15) is 0 Å². The van der Waals surface area contributed by atoms with Crippen molar-refractivity contribution in [2.45, 2.75) is 76.8 Å². The van der Waals surface area contributed by atoms with Crippen molar-refractivity contribution >= 4 is 42.3 Å². The van der Waals surface area contributed by atoms with Crippen LogP contribution in [0.4, 0.5) is 4.79 Å². The molecule has 5 nitrogen and oxygen atoms in total. The summed E-state index contributed by atoms with van der Waals surface area (Å²) in [6.45, 7) is 8.69. The number of aromatic nitrogens is 1. The zero-order valence-electron chi connectivity index (χ0n) is 21.8. The van der Waals surface area contributed by atoms with Gasteiger partial charge in [0.15, 0.2) is 0 Å². The molecule has 3 heterocycles. The summed E-state index contributed by atoms with van der Waals surface area (Å²) in [4.78, 5) is 29.1. The number of hydrogen-bond acceptors (Lipinski definition) is 3. The maximum absolute atomic E-state index is 13.7. The van der Waals surface area contributed by atoms with Crippen LogP contribution >= 0.6 is 0 Å². The Bertz CT molecular complexity index is 1280. The number of para-hydroxylation sites is 1. The van der Waals surface area contributed by atoms with Gasteiger partial charge in [0.2, 0.25) is 0 Å². The quantitative estimate of drug-likeness (QED) is 0.373. The molecular weight excluding hydrogens is 515 g/mol. The topological polar surface area (TPSA) is 51.5 Å². The van der Waals surface area contributed by atoms with E-state index in [0.717, 1.165) is 47.6 Å². The van der Waals surface area contributed by atoms with Crippen LogP contribution < -0.4 is 4.46 Å². The minimum absolute atomic E-state index is 0.0618. The summed E-state index contributed by atoms with van der Waals surface area (Å²) in [5.74, 6) is 0.212. The molecule has 1 fully saturated rings. The van der Waals surface area contributed by atoms with Crippen LogP contribution in [0.3, 0.4) is 0 Å². The van der Waals surface area contributed by atoms with Crippen molar-refractivity contribution in [3.63, 3.8) is 0 Å². The molecule has 2 aromatic carbocycles. The number of ether oxygens (including phenoxy) is 1. The van der Waals surface area contributed by atoms with E-state index in [4.69, 9.17) is 4.74 Å². The SMILES string of the molecule is CC[C@]1(CC[Se]c2ccccc2)CCC(=O)N2CCc3c(n(C(=O)OC(C)(C)C)c4ccccc34)[C@H]21. The number of hydrogen-bond donors (Lipinski definition) is 0. The predicted octanol–water partition coefficient (Wildman–Crippen LogP) is 5.88. The van der Waals surface area contributed by atoms with Crippen LogP contribution in [0.2, 0.25) is 5.32 Å². The van der Waals surface area contributed by atoms with E-state index in [1.807, 2.05) is 39.0 Å². The zero-order chi connectivity index (χ0) is 25.5. The van der Waals surface area contributed by atoms with Crippen LogP contribution in [0.25, 0.3) is 10.9 Å². The van der Waals surface area contributed by atoms with Gasteiger partial charge in [-0.05, 0) is 0 Å². The van der Waals surface area contributed by atoms with Gasteiger partial charge in [-0.1, -0.05) is 0 Å². The molecule has 5 rings (SSSR count). The normalized spacial score (nSPS) is 21.8. The second-order valence-corrected chi connectivity index (χ2v) is 13.5. The van der Waals surface area contributed by atoms with Gasteiger partial charge in [-0.15, -0.1) is 0 Å². The van der Waals surface area contributed by atoms with Crippen molar-refractivity contribution in [1.29, 1.82) is 0 Å². The molecule has 1 amide bonds. The Morgan fingerprint density at radius 1 is 1.08 bits per heavy atom. The monoisotopic (exact) mass is 552 g/mol. The van der Waals surface area contributed by atoms with Crippen molar-refractivity contribution < 1.29 is 14.3 Å². The fourth-order valence-corrected chi connectivity index (χ4v) is 8.41. The molecule has 0 aliphatic carbocycles. The number of rotatable bonds is 5. The van der Waals surface area contributed by atoms with Gasteiger partial charge in [0.25, 0.3) is 0 Å². The molecule has 2 atom stereocenters. The van der Waals surface area contributed by atoms with Crippen molar-refractivity contribution in [3.05, 3.63) is 65.9 Å². The van der Waals surface area contributed by atoms with Gasteiger partial charge in [0.1, 0.15) is 0 Å². The average molecular weight is 552 g/mol. The predicted molar refractivity (Wildman–Crippen MR) is 145 cm³/mol. The van der Waals surface area contributed by atoms with Crippen molar-refractivity contribution in [1.82, 2.24) is 9.47 Å². The standard InChI is InChI=1S/C30H36N2O3Se/c1-5-30(18-20-36-21-11-7-6-8-12-21)17-15-25(33)31-19-16-23-22-13-9-10-14-24(22)32(26(23)27(30)31)28(34)35-29(2,3)4/h6-14,27H,5,15-20H2,1-4H3/t27-,30+/m0/s1. The maximum atomic E-state index is 13.7. The van der Waals surface area contributed by atoms with E-state index in [1.165, 1.54) is 10.0 Å². The van der Waals surface area contributed by atoms with E-state index in [-0.39, 0.29) is 23.5 Å². The van der Waals surface area contributed by atoms with Gasteiger partial charge < -0.3 is 0 Å². The summed E-state index contributed by atoms with van der Waals surface area (Å²) in [5.41, 5.74) is 2.41. The van der Waals surface area contributed by atoms with Crippen molar-refractivity contribution in [2.75, 3.05) is 6.54 Å². The number of piperidine rings is 1. The average Bonchev–Trinajstić information content (AvgIpc) is 3.20. The number of fused-ring (bicyclic) bond motifs is 5. The number of carbonyl (C=O) groups excluding carboxylic acids is 2. The molecule has 1 aromatic heterocycles.